The Morgan fingerprint density at radius 1 is 0.893 bits per heavy atom. The number of nitrogens with zero attached hydrogens (tertiary/aromatic N) is 6. The molecule has 11 heteroatoms. The first-order chi connectivity index (χ1) is 27.1. The summed E-state index contributed by atoms with van der Waals surface area (Å²) in [6, 6.07) is 15.3. The van der Waals surface area contributed by atoms with Crippen molar-refractivity contribution in [3.8, 4) is 18.1 Å². The van der Waals surface area contributed by atoms with E-state index in [1.807, 2.05) is 35.2 Å². The lowest BCUT2D eigenvalue weighted by Crippen LogP contribution is -2.54. The molecule has 6 aliphatic rings. The quantitative estimate of drug-likeness (QED) is 0.364. The number of hydrogen-bond donors (Lipinski definition) is 1. The number of ether oxygens (including phenoxy) is 1. The molecule has 9 rings (SSSR count). The predicted octanol–water partition coefficient (Wildman–Crippen LogP) is 5.15. The normalized spacial score (nSPS) is 30.4. The van der Waals surface area contributed by atoms with Gasteiger partial charge < -0.3 is 34.3 Å². The van der Waals surface area contributed by atoms with Crippen LogP contribution in [0.1, 0.15) is 79.4 Å². The van der Waals surface area contributed by atoms with E-state index in [1.54, 1.807) is 15.9 Å². The van der Waals surface area contributed by atoms with Crippen LogP contribution < -0.4 is 9.64 Å². The van der Waals surface area contributed by atoms with Gasteiger partial charge >= 0.3 is 6.09 Å². The van der Waals surface area contributed by atoms with Gasteiger partial charge in [-0.1, -0.05) is 37.1 Å². The van der Waals surface area contributed by atoms with E-state index >= 15 is 0 Å². The fourth-order valence-electron chi connectivity index (χ4n) is 11.3. The predicted molar refractivity (Wildman–Crippen MR) is 215 cm³/mol. The number of carbonyl (C=O) groups excluding carboxylic acids is 3. The molecule has 2 saturated carbocycles. The average molecular weight is 759 g/mol. The number of para-hydroxylation sites is 1. The molecule has 11 nitrogen and oxygen atoms in total. The highest BCUT2D eigenvalue weighted by Gasteiger charge is 2.61. The summed E-state index contributed by atoms with van der Waals surface area (Å²) in [6.45, 7) is 7.80. The molecule has 3 aliphatic carbocycles. The molecule has 0 radical (unpaired) electrons. The van der Waals surface area contributed by atoms with E-state index in [4.69, 9.17) is 11.2 Å². The van der Waals surface area contributed by atoms with Crippen molar-refractivity contribution in [2.45, 2.75) is 75.9 Å². The summed E-state index contributed by atoms with van der Waals surface area (Å²) in [5.41, 5.74) is 3.26. The monoisotopic (exact) mass is 758 g/mol. The first kappa shape index (κ1) is 36.9. The number of rotatable bonds is 4. The van der Waals surface area contributed by atoms with E-state index in [0.29, 0.717) is 87.9 Å². The smallest absolute Gasteiger partial charge is 0.408 e. The van der Waals surface area contributed by atoms with Gasteiger partial charge in [0.15, 0.2) is 5.75 Å². The van der Waals surface area contributed by atoms with Gasteiger partial charge in [0.2, 0.25) is 5.91 Å². The number of likely N-dealkylation sites (N-methyl/N-ethyl adjacent to an activating group) is 1. The summed E-state index contributed by atoms with van der Waals surface area (Å²) < 4.78 is 6.31. The number of fused-ring (bicyclic) bond motifs is 6. The summed E-state index contributed by atoms with van der Waals surface area (Å²) >= 11 is 0. The minimum atomic E-state index is -1.05. The molecule has 0 spiro atoms. The number of anilines is 1. The van der Waals surface area contributed by atoms with Crippen LogP contribution in [-0.2, 0) is 11.2 Å². The van der Waals surface area contributed by atoms with Gasteiger partial charge in [-0.3, -0.25) is 9.59 Å². The Labute approximate surface area is 329 Å². The number of carbonyl (C=O) groups is 3. The third-order valence-corrected chi connectivity index (χ3v) is 14.7. The van der Waals surface area contributed by atoms with Crippen molar-refractivity contribution in [3.05, 3.63) is 65.4 Å². The van der Waals surface area contributed by atoms with Crippen LogP contribution in [0.3, 0.4) is 0 Å². The Morgan fingerprint density at radius 2 is 1.66 bits per heavy atom. The highest BCUT2D eigenvalue weighted by Crippen LogP contribution is 2.64. The van der Waals surface area contributed by atoms with Gasteiger partial charge in [0.25, 0.3) is 5.91 Å². The molecular weight excluding hydrogens is 705 g/mol. The van der Waals surface area contributed by atoms with E-state index in [1.165, 1.54) is 11.1 Å². The van der Waals surface area contributed by atoms with E-state index in [0.717, 1.165) is 68.2 Å². The Kier molecular flexibility index (Phi) is 9.48. The zero-order valence-corrected chi connectivity index (χ0v) is 32.8. The SMILES string of the molecule is C#C[C@]1(O)CC[C@H]2[C@@H]3CCc4cc(OC(=O)N5CCN(C)CC5)c(N5CCN(C(=O)[C@@H]6CCCN6C(=O)c6ccc7ccccc7n6)CC5)cc4[C@H]3CC[C@@]21C. The third-order valence-electron chi connectivity index (χ3n) is 14.7. The molecule has 56 heavy (non-hydrogen) atoms. The van der Waals surface area contributed by atoms with Crippen LogP contribution in [0, 0.1) is 29.6 Å². The van der Waals surface area contributed by atoms with E-state index in [-0.39, 0.29) is 23.3 Å². The maximum atomic E-state index is 14.1. The fraction of sp³-hybridized carbons (Fsp3) is 0.556. The summed E-state index contributed by atoms with van der Waals surface area (Å²) in [6.07, 6.45) is 12.4. The number of benzene rings is 2. The van der Waals surface area contributed by atoms with Crippen molar-refractivity contribution in [1.29, 1.82) is 0 Å². The topological polar surface area (TPSA) is 110 Å². The molecule has 5 fully saturated rings. The molecule has 3 saturated heterocycles. The Hall–Kier alpha value is -4.66. The molecule has 4 heterocycles. The molecule has 1 N–H and O–H groups in total. The van der Waals surface area contributed by atoms with Crippen LogP contribution in [0.5, 0.6) is 5.75 Å². The van der Waals surface area contributed by atoms with Gasteiger partial charge in [0.05, 0.1) is 11.2 Å². The van der Waals surface area contributed by atoms with Crippen LogP contribution in [0.4, 0.5) is 10.5 Å². The Morgan fingerprint density at radius 3 is 2.45 bits per heavy atom. The molecule has 3 aromatic rings. The maximum Gasteiger partial charge on any atom is 0.415 e. The molecular formula is C45H54N6O5. The second-order valence-electron chi connectivity index (χ2n) is 17.5. The number of piperazine rings is 2. The van der Waals surface area contributed by atoms with Crippen LogP contribution in [0.15, 0.2) is 48.5 Å². The van der Waals surface area contributed by atoms with Crippen LogP contribution in [-0.4, -0.2) is 125 Å². The van der Waals surface area contributed by atoms with Crippen molar-refractivity contribution < 1.29 is 24.2 Å². The molecule has 294 valence electrons. The highest BCUT2D eigenvalue weighted by atomic mass is 16.6. The van der Waals surface area contributed by atoms with Crippen molar-refractivity contribution in [1.82, 2.24) is 24.6 Å². The summed E-state index contributed by atoms with van der Waals surface area (Å²) in [4.78, 5) is 56.0. The number of aliphatic hydroxyl groups is 1. The molecule has 3 aliphatic heterocycles. The molecule has 6 atom stereocenters. The number of amides is 3. The zero-order valence-electron chi connectivity index (χ0n) is 32.8. The number of aromatic nitrogens is 1. The van der Waals surface area contributed by atoms with Crippen LogP contribution in [0.25, 0.3) is 10.9 Å². The van der Waals surface area contributed by atoms with Gasteiger partial charge in [-0.05, 0) is 112 Å². The number of likely N-dealkylation sites (tertiary alicyclic amines) is 1. The lowest BCUT2D eigenvalue weighted by molar-refractivity contribution is -0.135. The molecule has 2 aromatic carbocycles. The zero-order chi connectivity index (χ0) is 38.8. The van der Waals surface area contributed by atoms with E-state index < -0.39 is 11.6 Å². The second kappa shape index (κ2) is 14.4. The van der Waals surface area contributed by atoms with Crippen LogP contribution in [0.2, 0.25) is 0 Å². The lowest BCUT2D eigenvalue weighted by Gasteiger charge is -2.52. The number of aryl methyl sites for hydroxylation is 1. The third kappa shape index (κ3) is 6.20. The molecule has 0 bridgehead atoms. The first-order valence-electron chi connectivity index (χ1n) is 20.8. The van der Waals surface area contributed by atoms with Gasteiger partial charge in [-0.25, -0.2) is 9.78 Å². The lowest BCUT2D eigenvalue weighted by atomic mass is 9.53. The minimum Gasteiger partial charge on any atom is -0.408 e. The summed E-state index contributed by atoms with van der Waals surface area (Å²) in [5.74, 6) is 4.32. The second-order valence-corrected chi connectivity index (χ2v) is 17.5. The number of terminal acetylenes is 1. The fourth-order valence-corrected chi connectivity index (χ4v) is 11.3. The number of hydrogen-bond acceptors (Lipinski definition) is 8. The van der Waals surface area contributed by atoms with Gasteiger partial charge in [0.1, 0.15) is 17.3 Å². The van der Waals surface area contributed by atoms with Gasteiger partial charge in [-0.15, -0.1) is 6.42 Å². The van der Waals surface area contributed by atoms with E-state index in [9.17, 15) is 19.5 Å². The molecule has 3 amide bonds. The minimum absolute atomic E-state index is 0.0139. The first-order valence-corrected chi connectivity index (χ1v) is 20.8. The van der Waals surface area contributed by atoms with Crippen molar-refractivity contribution in [2.75, 3.05) is 70.9 Å². The Bertz CT molecular complexity index is 2080. The Balaban J connectivity index is 0.946. The highest BCUT2D eigenvalue weighted by molar-refractivity contribution is 5.98. The average Bonchev–Trinajstić information content (AvgIpc) is 3.82. The largest absolute Gasteiger partial charge is 0.415 e. The van der Waals surface area contributed by atoms with E-state index in [2.05, 4.69) is 46.8 Å². The van der Waals surface area contributed by atoms with Crippen molar-refractivity contribution >= 4 is 34.5 Å². The number of pyridine rings is 1. The van der Waals surface area contributed by atoms with Crippen LogP contribution >= 0.6 is 0 Å². The summed E-state index contributed by atoms with van der Waals surface area (Å²) in [5, 5.41) is 12.5. The van der Waals surface area contributed by atoms with Gasteiger partial charge in [0, 0.05) is 69.7 Å². The van der Waals surface area contributed by atoms with Crippen molar-refractivity contribution in [3.63, 3.8) is 0 Å². The molecule has 0 unspecified atom stereocenters. The summed E-state index contributed by atoms with van der Waals surface area (Å²) in [7, 11) is 2.07. The molecule has 1 aromatic heterocycles. The van der Waals surface area contributed by atoms with Gasteiger partial charge in [-0.2, -0.15) is 0 Å². The standard InChI is InChI=1S/C45H54N6O5/c1-4-45(55)18-16-35-33-13-11-31-28-40(56-43(54)50-22-20-47(3)21-23-50)39(29-34(31)32(33)15-17-44(35,45)2)48-24-26-49(27-25-48)42(53)38-10-7-19-51(38)41(52)37-14-12-30-8-5-6-9-36(30)46-37/h1,5-6,8-9,12,14,28-29,32-33,35,38,55H,7,10-11,13,15-27H2,2-3H3/t32-,33+,35-,38-,44-,45-/m0/s1. The van der Waals surface area contributed by atoms with Crippen molar-refractivity contribution in [2.24, 2.45) is 17.3 Å². The maximum absolute atomic E-state index is 14.1.